The highest BCUT2D eigenvalue weighted by molar-refractivity contribution is 5.97. The van der Waals surface area contributed by atoms with Gasteiger partial charge in [-0.15, -0.1) is 0 Å². The number of carbonyl (C=O) groups excluding carboxylic acids is 9. The van der Waals surface area contributed by atoms with Gasteiger partial charge in [-0.2, -0.15) is 0 Å². The van der Waals surface area contributed by atoms with Gasteiger partial charge in [0.15, 0.2) is 0 Å². The topological polar surface area (TPSA) is 293 Å². The molecule has 1 heterocycles. The smallest absolute Gasteiger partial charge is 0.245 e. The standard InChI is InChI=1S/C28H48N10O9/c1-12(29)22(41)37-18(7)28(47)38-10-8-9-19(38)27(46)36-17(6)26(45)35-16(5)25(44)34-15(4)24(43)33-14(3)23(42)31-11-20(39)32-13(2)21(30)40/h12-19H,8-11,29H2,1-7H3,(H2,30,40)(H,31,42)(H,32,39)(H,33,43)(H,34,44)(H,35,45)(H,36,46)(H,37,41)/t12-,13-,14-,15-,16-,17-,18-,19-/m0/s1. The molecule has 11 N–H and O–H groups in total. The lowest BCUT2D eigenvalue weighted by Crippen LogP contribution is -2.58. The van der Waals surface area contributed by atoms with Crippen LogP contribution >= 0.6 is 0 Å². The van der Waals surface area contributed by atoms with Crippen LogP contribution in [0.2, 0.25) is 0 Å². The van der Waals surface area contributed by atoms with Crippen LogP contribution in [0, 0.1) is 0 Å². The fourth-order valence-electron chi connectivity index (χ4n) is 4.23. The minimum absolute atomic E-state index is 0.289. The monoisotopic (exact) mass is 668 g/mol. The van der Waals surface area contributed by atoms with Crippen molar-refractivity contribution in [3.63, 3.8) is 0 Å². The van der Waals surface area contributed by atoms with E-state index in [9.17, 15) is 43.2 Å². The Hall–Kier alpha value is -4.81. The third-order valence-electron chi connectivity index (χ3n) is 7.22. The average molecular weight is 669 g/mol. The summed E-state index contributed by atoms with van der Waals surface area (Å²) in [6.07, 6.45) is 0.893. The predicted octanol–water partition coefficient (Wildman–Crippen LogP) is -5.05. The van der Waals surface area contributed by atoms with Crippen molar-refractivity contribution in [1.82, 2.24) is 42.1 Å². The number of primary amides is 1. The largest absolute Gasteiger partial charge is 0.368 e. The van der Waals surface area contributed by atoms with Crippen molar-refractivity contribution in [2.24, 2.45) is 11.5 Å². The zero-order valence-electron chi connectivity index (χ0n) is 27.7. The van der Waals surface area contributed by atoms with Crippen LogP contribution in [0.15, 0.2) is 0 Å². The van der Waals surface area contributed by atoms with Gasteiger partial charge in [-0.25, -0.2) is 0 Å². The number of nitrogens with zero attached hydrogens (tertiary/aromatic N) is 1. The summed E-state index contributed by atoms with van der Waals surface area (Å²) in [6, 6.07) is -7.96. The zero-order valence-corrected chi connectivity index (χ0v) is 27.7. The van der Waals surface area contributed by atoms with Crippen LogP contribution in [-0.2, 0) is 43.2 Å². The van der Waals surface area contributed by atoms with Crippen molar-refractivity contribution in [2.45, 2.75) is 110 Å². The van der Waals surface area contributed by atoms with E-state index in [4.69, 9.17) is 11.5 Å². The number of rotatable bonds is 16. The molecule has 19 nitrogen and oxygen atoms in total. The van der Waals surface area contributed by atoms with Crippen molar-refractivity contribution in [3.8, 4) is 0 Å². The van der Waals surface area contributed by atoms with Crippen LogP contribution in [0.1, 0.15) is 61.3 Å². The van der Waals surface area contributed by atoms with Crippen LogP contribution in [-0.4, -0.2) is 119 Å². The van der Waals surface area contributed by atoms with E-state index in [1.165, 1.54) is 53.4 Å². The van der Waals surface area contributed by atoms with Crippen molar-refractivity contribution in [2.75, 3.05) is 13.1 Å². The third-order valence-corrected chi connectivity index (χ3v) is 7.22. The molecule has 1 aliphatic heterocycles. The maximum absolute atomic E-state index is 13.0. The highest BCUT2D eigenvalue weighted by atomic mass is 16.2. The van der Waals surface area contributed by atoms with E-state index in [0.29, 0.717) is 12.8 Å². The zero-order chi connectivity index (χ0) is 36.2. The summed E-state index contributed by atoms with van der Waals surface area (Å²) in [5.41, 5.74) is 10.6. The number of carbonyl (C=O) groups is 9. The summed E-state index contributed by atoms with van der Waals surface area (Å²) in [5.74, 6) is -5.85. The minimum atomic E-state index is -1.13. The van der Waals surface area contributed by atoms with Crippen LogP contribution in [0.25, 0.3) is 0 Å². The molecule has 0 saturated carbocycles. The molecule has 0 spiro atoms. The molecule has 0 aromatic rings. The summed E-state index contributed by atoms with van der Waals surface area (Å²) >= 11 is 0. The summed E-state index contributed by atoms with van der Waals surface area (Å²) in [5, 5.41) is 16.9. The van der Waals surface area contributed by atoms with Crippen molar-refractivity contribution in [1.29, 1.82) is 0 Å². The minimum Gasteiger partial charge on any atom is -0.368 e. The Balaban J connectivity index is 2.58. The first-order valence-electron chi connectivity index (χ1n) is 15.2. The molecule has 0 aromatic heterocycles. The van der Waals surface area contributed by atoms with Crippen molar-refractivity contribution < 1.29 is 43.2 Å². The second-order valence-electron chi connectivity index (χ2n) is 11.5. The molecule has 1 rings (SSSR count). The fraction of sp³-hybridized carbons (Fsp3) is 0.679. The maximum atomic E-state index is 13.0. The van der Waals surface area contributed by atoms with E-state index in [0.717, 1.165) is 0 Å². The van der Waals surface area contributed by atoms with Gasteiger partial charge in [0.25, 0.3) is 0 Å². The van der Waals surface area contributed by atoms with Crippen LogP contribution in [0.5, 0.6) is 0 Å². The van der Waals surface area contributed by atoms with Crippen LogP contribution in [0.3, 0.4) is 0 Å². The lowest BCUT2D eigenvalue weighted by Gasteiger charge is -2.28. The molecule has 1 saturated heterocycles. The first-order chi connectivity index (χ1) is 21.8. The first-order valence-corrected chi connectivity index (χ1v) is 15.2. The van der Waals surface area contributed by atoms with E-state index in [1.54, 1.807) is 0 Å². The Labute approximate surface area is 272 Å². The Kier molecular flexibility index (Phi) is 15.7. The van der Waals surface area contributed by atoms with E-state index in [2.05, 4.69) is 37.2 Å². The number of likely N-dealkylation sites (tertiary alicyclic amines) is 1. The molecule has 47 heavy (non-hydrogen) atoms. The molecule has 8 atom stereocenters. The molecule has 0 aliphatic carbocycles. The molecule has 0 aromatic carbocycles. The summed E-state index contributed by atoms with van der Waals surface area (Å²) in [4.78, 5) is 112. The highest BCUT2D eigenvalue weighted by Crippen LogP contribution is 2.19. The Morgan fingerprint density at radius 2 is 1.06 bits per heavy atom. The molecule has 1 aliphatic rings. The lowest BCUT2D eigenvalue weighted by molar-refractivity contribution is -0.141. The molecule has 264 valence electrons. The summed E-state index contributed by atoms with van der Waals surface area (Å²) in [6.45, 7) is 9.62. The van der Waals surface area contributed by atoms with Gasteiger partial charge in [0.05, 0.1) is 12.6 Å². The summed E-state index contributed by atoms with van der Waals surface area (Å²) in [7, 11) is 0. The highest BCUT2D eigenvalue weighted by Gasteiger charge is 2.37. The quantitative estimate of drug-likeness (QED) is 0.0754. The molecule has 0 unspecified atom stereocenters. The van der Waals surface area contributed by atoms with Crippen molar-refractivity contribution >= 4 is 53.2 Å². The van der Waals surface area contributed by atoms with Gasteiger partial charge in [0, 0.05) is 6.54 Å². The van der Waals surface area contributed by atoms with Crippen molar-refractivity contribution in [3.05, 3.63) is 0 Å². The number of hydrogen-bond acceptors (Lipinski definition) is 10. The summed E-state index contributed by atoms with van der Waals surface area (Å²) < 4.78 is 0. The fourth-order valence-corrected chi connectivity index (χ4v) is 4.23. The predicted molar refractivity (Wildman–Crippen MR) is 166 cm³/mol. The SMILES string of the molecule is C[C@H](N)C(=O)N[C@@H](C)C(=O)N1CCC[C@H]1C(=O)N[C@@H](C)C(=O)N[C@@H](C)C(=O)N[C@@H](C)C(=O)N[C@@H](C)C(=O)NCC(=O)N[C@@H](C)C(N)=O. The Morgan fingerprint density at radius 1 is 0.617 bits per heavy atom. The molecule has 1 fully saturated rings. The van der Waals surface area contributed by atoms with Gasteiger partial charge in [-0.1, -0.05) is 0 Å². The average Bonchev–Trinajstić information content (AvgIpc) is 3.49. The second-order valence-corrected chi connectivity index (χ2v) is 11.5. The Bertz CT molecular complexity index is 1230. The maximum Gasteiger partial charge on any atom is 0.245 e. The third kappa shape index (κ3) is 12.8. The van der Waals surface area contributed by atoms with Gasteiger partial charge in [-0.05, 0) is 61.3 Å². The molecule has 0 bridgehead atoms. The molecule has 9 amide bonds. The van der Waals surface area contributed by atoms with Crippen LogP contribution < -0.4 is 48.7 Å². The van der Waals surface area contributed by atoms with E-state index in [1.807, 2.05) is 0 Å². The molecule has 19 heteroatoms. The number of nitrogens with two attached hydrogens (primary N) is 2. The normalized spacial score (nSPS) is 18.5. The van der Waals surface area contributed by atoms with Gasteiger partial charge in [0.1, 0.15) is 42.3 Å². The first kappa shape index (κ1) is 40.2. The molecular formula is C28H48N10O9. The Morgan fingerprint density at radius 3 is 1.53 bits per heavy atom. The molecule has 0 radical (unpaired) electrons. The van der Waals surface area contributed by atoms with Gasteiger partial charge >= 0.3 is 0 Å². The number of hydrogen-bond donors (Lipinski definition) is 9. The van der Waals surface area contributed by atoms with Gasteiger partial charge in [-0.3, -0.25) is 43.2 Å². The second kappa shape index (κ2) is 18.4. The molecular weight excluding hydrogens is 620 g/mol. The van der Waals surface area contributed by atoms with E-state index < -0.39 is 108 Å². The lowest BCUT2D eigenvalue weighted by atomic mass is 10.1. The van der Waals surface area contributed by atoms with E-state index in [-0.39, 0.29) is 6.54 Å². The van der Waals surface area contributed by atoms with Gasteiger partial charge in [0.2, 0.25) is 53.2 Å². The number of nitrogens with one attached hydrogen (secondary N) is 7. The number of amides is 9. The van der Waals surface area contributed by atoms with Crippen LogP contribution in [0.4, 0.5) is 0 Å². The van der Waals surface area contributed by atoms with Gasteiger partial charge < -0.3 is 53.6 Å². The van der Waals surface area contributed by atoms with E-state index >= 15 is 0 Å².